The average Bonchev–Trinajstić information content (AvgIpc) is 2.26. The van der Waals surface area contributed by atoms with Gasteiger partial charge in [-0.25, -0.2) is 0 Å². The van der Waals surface area contributed by atoms with Crippen LogP contribution in [0.2, 0.25) is 0 Å². The minimum Gasteiger partial charge on any atom is -0.166 e. The van der Waals surface area contributed by atoms with Crippen molar-refractivity contribution < 1.29 is 13.2 Å². The molecule has 0 radical (unpaired) electrons. The number of benzene rings is 2. The van der Waals surface area contributed by atoms with Crippen LogP contribution in [0.25, 0.3) is 10.8 Å². The van der Waals surface area contributed by atoms with E-state index in [0.29, 0.717) is 10.7 Å². The Morgan fingerprint density at radius 2 is 1.56 bits per heavy atom. The molecular formula is C12H8BrF3. The van der Waals surface area contributed by atoms with Gasteiger partial charge in [0.25, 0.3) is 0 Å². The first-order valence-corrected chi connectivity index (χ1v) is 5.80. The normalized spacial score (nSPS) is 12.0. The lowest BCUT2D eigenvalue weighted by Crippen LogP contribution is -2.06. The fraction of sp³-hybridized carbons (Fsp3) is 0.167. The van der Waals surface area contributed by atoms with Crippen molar-refractivity contribution >= 4 is 26.7 Å². The molecule has 0 amide bonds. The zero-order chi connectivity index (χ0) is 11.8. The minimum atomic E-state index is -4.30. The molecule has 84 valence electrons. The van der Waals surface area contributed by atoms with Crippen molar-refractivity contribution in [2.75, 3.05) is 0 Å². The van der Waals surface area contributed by atoms with Gasteiger partial charge in [-0.2, -0.15) is 13.2 Å². The van der Waals surface area contributed by atoms with E-state index in [2.05, 4.69) is 15.9 Å². The van der Waals surface area contributed by atoms with Crippen molar-refractivity contribution in [1.82, 2.24) is 0 Å². The maximum Gasteiger partial charge on any atom is 0.417 e. The molecule has 0 saturated carbocycles. The van der Waals surface area contributed by atoms with Crippen LogP contribution in [-0.4, -0.2) is 0 Å². The van der Waals surface area contributed by atoms with E-state index in [1.165, 1.54) is 12.1 Å². The molecule has 0 nitrogen and oxygen atoms in total. The number of halogens is 4. The van der Waals surface area contributed by atoms with Gasteiger partial charge in [-0.05, 0) is 22.4 Å². The summed E-state index contributed by atoms with van der Waals surface area (Å²) in [6.07, 6.45) is -4.30. The topological polar surface area (TPSA) is 0 Å². The Bertz CT molecular complexity index is 517. The zero-order valence-corrected chi connectivity index (χ0v) is 9.77. The van der Waals surface area contributed by atoms with Gasteiger partial charge < -0.3 is 0 Å². The van der Waals surface area contributed by atoms with Crippen LogP contribution in [-0.2, 0) is 11.5 Å². The van der Waals surface area contributed by atoms with Crippen LogP contribution in [0.3, 0.4) is 0 Å². The first kappa shape index (κ1) is 11.5. The van der Waals surface area contributed by atoms with Crippen molar-refractivity contribution in [3.05, 3.63) is 47.5 Å². The van der Waals surface area contributed by atoms with E-state index >= 15 is 0 Å². The molecule has 0 heterocycles. The highest BCUT2D eigenvalue weighted by Gasteiger charge is 2.32. The van der Waals surface area contributed by atoms with Crippen LogP contribution in [0.4, 0.5) is 13.2 Å². The summed E-state index contributed by atoms with van der Waals surface area (Å²) in [5.41, 5.74) is 0.288. The zero-order valence-electron chi connectivity index (χ0n) is 8.18. The van der Waals surface area contributed by atoms with Crippen LogP contribution in [0.1, 0.15) is 11.1 Å². The lowest BCUT2D eigenvalue weighted by molar-refractivity contribution is -0.136. The molecule has 16 heavy (non-hydrogen) atoms. The molecule has 0 fully saturated rings. The maximum absolute atomic E-state index is 12.7. The molecule has 2 aromatic rings. The molecule has 2 rings (SSSR count). The van der Waals surface area contributed by atoms with Gasteiger partial charge >= 0.3 is 6.18 Å². The van der Waals surface area contributed by atoms with Gasteiger partial charge in [0.1, 0.15) is 0 Å². The third kappa shape index (κ3) is 1.94. The second-order valence-electron chi connectivity index (χ2n) is 3.45. The second-order valence-corrected chi connectivity index (χ2v) is 4.01. The molecule has 0 N–H and O–H groups in total. The summed E-state index contributed by atoms with van der Waals surface area (Å²) in [6.45, 7) is 0. The van der Waals surface area contributed by atoms with Crippen LogP contribution in [0.15, 0.2) is 36.4 Å². The van der Waals surface area contributed by atoms with Gasteiger partial charge in [-0.15, -0.1) is 0 Å². The Labute approximate surface area is 99.2 Å². The monoisotopic (exact) mass is 288 g/mol. The van der Waals surface area contributed by atoms with Gasteiger partial charge in [0.15, 0.2) is 0 Å². The highest BCUT2D eigenvalue weighted by atomic mass is 79.9. The van der Waals surface area contributed by atoms with Crippen LogP contribution < -0.4 is 0 Å². The quantitative estimate of drug-likeness (QED) is 0.664. The third-order valence-corrected chi connectivity index (χ3v) is 3.07. The van der Waals surface area contributed by atoms with Crippen LogP contribution >= 0.6 is 15.9 Å². The van der Waals surface area contributed by atoms with E-state index in [1.807, 2.05) is 0 Å². The predicted octanol–water partition coefficient (Wildman–Crippen LogP) is 4.75. The van der Waals surface area contributed by atoms with Crippen molar-refractivity contribution in [1.29, 1.82) is 0 Å². The Morgan fingerprint density at radius 1 is 0.938 bits per heavy atom. The molecule has 2 aromatic carbocycles. The Hall–Kier alpha value is -1.03. The smallest absolute Gasteiger partial charge is 0.166 e. The summed E-state index contributed by atoms with van der Waals surface area (Å²) in [5.74, 6) is 0. The summed E-state index contributed by atoms with van der Waals surface area (Å²) >= 11 is 3.27. The molecule has 4 heteroatoms. The van der Waals surface area contributed by atoms with Gasteiger partial charge in [0.2, 0.25) is 0 Å². The summed E-state index contributed by atoms with van der Waals surface area (Å²) < 4.78 is 38.2. The standard InChI is InChI=1S/C12H8BrF3/c13-7-8-5-6-11(12(14,15)16)10-4-2-1-3-9(8)10/h1-6H,7H2. The van der Waals surface area contributed by atoms with Crippen molar-refractivity contribution in [2.24, 2.45) is 0 Å². The van der Waals surface area contributed by atoms with Gasteiger partial charge in [0, 0.05) is 5.33 Å². The summed E-state index contributed by atoms with van der Waals surface area (Å²) in [5, 5.41) is 1.45. The molecular weight excluding hydrogens is 281 g/mol. The summed E-state index contributed by atoms with van der Waals surface area (Å²) in [6, 6.07) is 9.23. The van der Waals surface area contributed by atoms with Gasteiger partial charge in [-0.1, -0.05) is 46.3 Å². The molecule has 0 unspecified atom stereocenters. The number of fused-ring (bicyclic) bond motifs is 1. The summed E-state index contributed by atoms with van der Waals surface area (Å²) in [4.78, 5) is 0. The second kappa shape index (κ2) is 4.09. The number of hydrogen-bond donors (Lipinski definition) is 0. The van der Waals surface area contributed by atoms with Crippen molar-refractivity contribution in [3.8, 4) is 0 Å². The van der Waals surface area contributed by atoms with Gasteiger partial charge in [0.05, 0.1) is 5.56 Å². The lowest BCUT2D eigenvalue weighted by Gasteiger charge is -2.12. The van der Waals surface area contributed by atoms with Gasteiger partial charge in [-0.3, -0.25) is 0 Å². The number of rotatable bonds is 1. The Morgan fingerprint density at radius 3 is 2.12 bits per heavy atom. The fourth-order valence-electron chi connectivity index (χ4n) is 1.73. The molecule has 0 aliphatic carbocycles. The predicted molar refractivity (Wildman–Crippen MR) is 61.6 cm³/mol. The van der Waals surface area contributed by atoms with E-state index in [4.69, 9.17) is 0 Å². The molecule has 0 aliphatic rings. The van der Waals surface area contributed by atoms with Crippen LogP contribution in [0, 0.1) is 0 Å². The van der Waals surface area contributed by atoms with E-state index < -0.39 is 11.7 Å². The molecule has 0 saturated heterocycles. The Kier molecular flexibility index (Phi) is 2.93. The maximum atomic E-state index is 12.7. The highest BCUT2D eigenvalue weighted by Crippen LogP contribution is 2.36. The average molecular weight is 289 g/mol. The first-order valence-electron chi connectivity index (χ1n) is 4.68. The SMILES string of the molecule is FC(F)(F)c1ccc(CBr)c2ccccc12. The van der Waals surface area contributed by atoms with E-state index in [0.717, 1.165) is 11.6 Å². The molecule has 0 atom stereocenters. The minimum absolute atomic E-state index is 0.256. The lowest BCUT2D eigenvalue weighted by atomic mass is 10.0. The fourth-order valence-corrected chi connectivity index (χ4v) is 2.21. The van der Waals surface area contributed by atoms with Crippen molar-refractivity contribution in [3.63, 3.8) is 0 Å². The molecule has 0 bridgehead atoms. The largest absolute Gasteiger partial charge is 0.417 e. The van der Waals surface area contributed by atoms with E-state index in [9.17, 15) is 13.2 Å². The highest BCUT2D eigenvalue weighted by molar-refractivity contribution is 9.08. The molecule has 0 aliphatic heterocycles. The summed E-state index contributed by atoms with van der Waals surface area (Å²) in [7, 11) is 0. The third-order valence-electron chi connectivity index (χ3n) is 2.46. The number of hydrogen-bond acceptors (Lipinski definition) is 0. The molecule has 0 spiro atoms. The van der Waals surface area contributed by atoms with E-state index in [-0.39, 0.29) is 5.39 Å². The van der Waals surface area contributed by atoms with E-state index in [1.54, 1.807) is 18.2 Å². The van der Waals surface area contributed by atoms with Crippen molar-refractivity contribution in [2.45, 2.75) is 11.5 Å². The first-order chi connectivity index (χ1) is 7.54. The Balaban J connectivity index is 2.80. The number of alkyl halides is 4. The molecule has 0 aromatic heterocycles. The van der Waals surface area contributed by atoms with Crippen LogP contribution in [0.5, 0.6) is 0 Å².